The second kappa shape index (κ2) is 10.7. The number of pyridine rings is 1. The molecule has 38 heavy (non-hydrogen) atoms. The monoisotopic (exact) mass is 533 g/mol. The lowest BCUT2D eigenvalue weighted by Gasteiger charge is -2.28. The van der Waals surface area contributed by atoms with Crippen molar-refractivity contribution >= 4 is 28.0 Å². The summed E-state index contributed by atoms with van der Waals surface area (Å²) >= 11 is 0.537. The Morgan fingerprint density at radius 2 is 1.97 bits per heavy atom. The molecule has 1 fully saturated rings. The smallest absolute Gasteiger partial charge is 0.346 e. The van der Waals surface area contributed by atoms with Gasteiger partial charge in [-0.25, -0.2) is 9.78 Å². The predicted octanol–water partition coefficient (Wildman–Crippen LogP) is 4.36. The molecular weight excluding hydrogens is 514 g/mol. The molecule has 0 spiro atoms. The van der Waals surface area contributed by atoms with Crippen LogP contribution in [0.15, 0.2) is 53.3 Å². The zero-order chi connectivity index (χ0) is 26.6. The summed E-state index contributed by atoms with van der Waals surface area (Å²) in [5, 5.41) is 34.2. The van der Waals surface area contributed by atoms with E-state index in [9.17, 15) is 25.3 Å². The molecule has 0 atom stereocenters. The topological polar surface area (TPSA) is 165 Å². The van der Waals surface area contributed by atoms with E-state index in [-0.39, 0.29) is 33.5 Å². The Bertz CT molecular complexity index is 1520. The molecule has 13 heteroatoms. The van der Waals surface area contributed by atoms with E-state index in [1.165, 1.54) is 6.26 Å². The summed E-state index contributed by atoms with van der Waals surface area (Å²) in [5.74, 6) is -1.38. The van der Waals surface area contributed by atoms with Crippen LogP contribution in [0.4, 0.5) is 10.7 Å². The Kier molecular flexibility index (Phi) is 6.98. The highest BCUT2D eigenvalue weighted by molar-refractivity contribution is 7.17. The van der Waals surface area contributed by atoms with E-state index in [2.05, 4.69) is 21.1 Å². The van der Waals surface area contributed by atoms with Gasteiger partial charge in [0, 0.05) is 47.6 Å². The van der Waals surface area contributed by atoms with Gasteiger partial charge in [0.25, 0.3) is 0 Å². The number of nitriles is 1. The average molecular weight is 534 g/mol. The van der Waals surface area contributed by atoms with Crippen LogP contribution in [0.25, 0.3) is 22.5 Å². The Balaban J connectivity index is 1.52. The molecule has 4 aromatic rings. The fourth-order valence-corrected chi connectivity index (χ4v) is 4.86. The first-order chi connectivity index (χ1) is 18.4. The first-order valence-corrected chi connectivity index (χ1v) is 12.2. The van der Waals surface area contributed by atoms with Gasteiger partial charge in [0.2, 0.25) is 5.88 Å². The Hall–Kier alpha value is -4.80. The van der Waals surface area contributed by atoms with Crippen molar-refractivity contribution in [2.75, 3.05) is 31.2 Å². The molecule has 0 aliphatic carbocycles. The van der Waals surface area contributed by atoms with Gasteiger partial charge >= 0.3 is 11.0 Å². The van der Waals surface area contributed by atoms with Crippen LogP contribution in [-0.2, 0) is 11.3 Å². The maximum atomic E-state index is 11.6. The summed E-state index contributed by atoms with van der Waals surface area (Å²) in [7, 11) is 0. The molecule has 5 rings (SSSR count). The first kappa shape index (κ1) is 24.9. The molecule has 0 amide bonds. The van der Waals surface area contributed by atoms with Crippen LogP contribution < -0.4 is 9.64 Å². The number of aromatic carboxylic acids is 1. The molecule has 0 unspecified atom stereocenters. The van der Waals surface area contributed by atoms with Gasteiger partial charge < -0.3 is 24.0 Å². The summed E-state index contributed by atoms with van der Waals surface area (Å²) in [5.41, 5.74) is 3.24. The van der Waals surface area contributed by atoms with E-state index in [1.54, 1.807) is 12.1 Å². The number of benzene rings is 1. The van der Waals surface area contributed by atoms with Crippen molar-refractivity contribution in [2.45, 2.75) is 6.61 Å². The highest BCUT2D eigenvalue weighted by Gasteiger charge is 2.24. The summed E-state index contributed by atoms with van der Waals surface area (Å²) in [6, 6.07) is 14.3. The number of hydrogen-bond donors (Lipinski definition) is 1. The molecule has 3 aromatic heterocycles. The van der Waals surface area contributed by atoms with Crippen molar-refractivity contribution < 1.29 is 28.8 Å². The van der Waals surface area contributed by atoms with Crippen molar-refractivity contribution in [3.05, 3.63) is 74.8 Å². The van der Waals surface area contributed by atoms with Crippen LogP contribution in [-0.4, -0.2) is 52.4 Å². The second-order valence-corrected chi connectivity index (χ2v) is 9.20. The third-order valence-electron chi connectivity index (χ3n) is 5.89. The van der Waals surface area contributed by atoms with Crippen molar-refractivity contribution in [3.63, 3.8) is 0 Å². The van der Waals surface area contributed by atoms with E-state index in [4.69, 9.17) is 14.0 Å². The lowest BCUT2D eigenvalue weighted by molar-refractivity contribution is -0.380. The number of nitrogens with zero attached hydrogens (tertiary/aromatic N) is 5. The molecule has 1 aliphatic heterocycles. The van der Waals surface area contributed by atoms with Crippen LogP contribution in [0, 0.1) is 21.4 Å². The van der Waals surface area contributed by atoms with E-state index in [0.717, 1.165) is 30.4 Å². The number of aromatic nitrogens is 2. The number of carboxylic acid groups (broad SMARTS) is 1. The van der Waals surface area contributed by atoms with Gasteiger partial charge in [0.1, 0.15) is 35.1 Å². The number of hydrogen-bond acceptors (Lipinski definition) is 11. The van der Waals surface area contributed by atoms with E-state index >= 15 is 0 Å². The molecular formula is C25H19N5O7S. The van der Waals surface area contributed by atoms with Gasteiger partial charge in [-0.1, -0.05) is 28.6 Å². The van der Waals surface area contributed by atoms with Crippen molar-refractivity contribution in [2.24, 2.45) is 0 Å². The maximum Gasteiger partial charge on any atom is 0.346 e. The molecule has 1 saturated heterocycles. The second-order valence-electron chi connectivity index (χ2n) is 8.17. The normalized spacial score (nSPS) is 13.2. The van der Waals surface area contributed by atoms with E-state index < -0.39 is 10.9 Å². The Labute approximate surface area is 219 Å². The zero-order valence-corrected chi connectivity index (χ0v) is 20.5. The quantitative estimate of drug-likeness (QED) is 0.253. The molecule has 12 nitrogen and oxygen atoms in total. The van der Waals surface area contributed by atoms with Gasteiger partial charge in [0.05, 0.1) is 23.8 Å². The molecule has 0 radical (unpaired) electrons. The number of carbonyl (C=O) groups is 1. The highest BCUT2D eigenvalue weighted by atomic mass is 32.1. The number of nitro groups is 1. The average Bonchev–Trinajstić information content (AvgIpc) is 3.63. The summed E-state index contributed by atoms with van der Waals surface area (Å²) in [4.78, 5) is 28.7. The first-order valence-electron chi connectivity index (χ1n) is 11.4. The maximum absolute atomic E-state index is 11.6. The van der Waals surface area contributed by atoms with Crippen LogP contribution in [0.1, 0.15) is 20.8 Å². The van der Waals surface area contributed by atoms with Gasteiger partial charge in [0.15, 0.2) is 0 Å². The number of rotatable bonds is 8. The number of thiophene rings is 1. The molecule has 4 heterocycles. The molecule has 192 valence electrons. The number of ether oxygens (including phenoxy) is 2. The van der Waals surface area contributed by atoms with Crippen molar-refractivity contribution in [1.82, 2.24) is 10.1 Å². The third kappa shape index (κ3) is 5.03. The number of morpholine rings is 1. The molecule has 0 bridgehead atoms. The van der Waals surface area contributed by atoms with Crippen molar-refractivity contribution in [1.29, 1.82) is 5.26 Å². The Morgan fingerprint density at radius 1 is 1.21 bits per heavy atom. The van der Waals surface area contributed by atoms with Crippen LogP contribution in [0.2, 0.25) is 0 Å². The predicted molar refractivity (Wildman–Crippen MR) is 135 cm³/mol. The SMILES string of the molecule is N#Cc1c(-c2ccon2)cc(-c2ccc(N3CCOCC3)cc2)nc1OCc1cc([N+](=O)[O-])sc1C(=O)O. The lowest BCUT2D eigenvalue weighted by Crippen LogP contribution is -2.36. The lowest BCUT2D eigenvalue weighted by atomic mass is 10.0. The highest BCUT2D eigenvalue weighted by Crippen LogP contribution is 2.35. The summed E-state index contributed by atoms with van der Waals surface area (Å²) in [6.07, 6.45) is 1.37. The minimum atomic E-state index is -1.31. The summed E-state index contributed by atoms with van der Waals surface area (Å²) in [6.45, 7) is 2.57. The van der Waals surface area contributed by atoms with Gasteiger partial charge in [-0.3, -0.25) is 10.1 Å². The standard InChI is InChI=1S/C25H19N5O7S/c26-13-19-18(20-5-8-37-28-20)12-21(15-1-3-17(4-2-15)29-6-9-35-10-7-29)27-24(19)36-14-16-11-22(30(33)34)38-23(16)25(31)32/h1-5,8,11-12H,6-7,9-10,14H2,(H,31,32). The van der Waals surface area contributed by atoms with E-state index in [1.807, 2.05) is 24.3 Å². The number of anilines is 1. The van der Waals surface area contributed by atoms with E-state index in [0.29, 0.717) is 41.5 Å². The van der Waals surface area contributed by atoms with Gasteiger partial charge in [-0.05, 0) is 18.2 Å². The molecule has 1 N–H and O–H groups in total. The van der Waals surface area contributed by atoms with Crippen molar-refractivity contribution in [3.8, 4) is 34.5 Å². The molecule has 0 saturated carbocycles. The third-order valence-corrected chi connectivity index (χ3v) is 7.00. The van der Waals surface area contributed by atoms with Gasteiger partial charge in [-0.15, -0.1) is 0 Å². The largest absolute Gasteiger partial charge is 0.477 e. The fourth-order valence-electron chi connectivity index (χ4n) is 4.04. The minimum Gasteiger partial charge on any atom is -0.477 e. The van der Waals surface area contributed by atoms with Crippen LogP contribution in [0.5, 0.6) is 5.88 Å². The molecule has 1 aromatic carbocycles. The zero-order valence-electron chi connectivity index (χ0n) is 19.7. The fraction of sp³-hybridized carbons (Fsp3) is 0.200. The van der Waals surface area contributed by atoms with Crippen LogP contribution in [0.3, 0.4) is 0 Å². The minimum absolute atomic E-state index is 0.0641. The number of carboxylic acids is 1. The summed E-state index contributed by atoms with van der Waals surface area (Å²) < 4.78 is 16.2. The Morgan fingerprint density at radius 3 is 2.61 bits per heavy atom. The molecule has 1 aliphatic rings. The van der Waals surface area contributed by atoms with Gasteiger partial charge in [-0.2, -0.15) is 5.26 Å². The van der Waals surface area contributed by atoms with Crippen LogP contribution >= 0.6 is 11.3 Å².